The largest absolute Gasteiger partial charge is 0.496 e. The van der Waals surface area contributed by atoms with E-state index in [1.807, 2.05) is 49.4 Å². The van der Waals surface area contributed by atoms with Crippen LogP contribution < -0.4 is 15.8 Å². The summed E-state index contributed by atoms with van der Waals surface area (Å²) in [6.07, 6.45) is 0. The van der Waals surface area contributed by atoms with E-state index in [0.717, 1.165) is 33.2 Å². The van der Waals surface area contributed by atoms with Crippen molar-refractivity contribution < 1.29 is 9.53 Å². The summed E-state index contributed by atoms with van der Waals surface area (Å²) in [7, 11) is 1.62. The Morgan fingerprint density at radius 1 is 1.27 bits per heavy atom. The Bertz CT molecular complexity index is 1110. The van der Waals surface area contributed by atoms with Gasteiger partial charge in [0.25, 0.3) is 0 Å². The van der Waals surface area contributed by atoms with Crippen molar-refractivity contribution >= 4 is 41.5 Å². The number of nitrogens with zero attached hydrogens (tertiary/aromatic N) is 4. The van der Waals surface area contributed by atoms with Crippen LogP contribution in [0.1, 0.15) is 11.1 Å². The molecule has 8 nitrogen and oxygen atoms in total. The zero-order chi connectivity index (χ0) is 20.4. The van der Waals surface area contributed by atoms with Gasteiger partial charge < -0.3 is 15.8 Å². The number of para-hydroxylation sites is 1. The number of aromatic nitrogens is 3. The summed E-state index contributed by atoms with van der Waals surface area (Å²) in [4.78, 5) is 11.7. The van der Waals surface area contributed by atoms with Gasteiger partial charge in [0.2, 0.25) is 11.1 Å². The van der Waals surface area contributed by atoms with Gasteiger partial charge in [-0.1, -0.05) is 36.0 Å². The van der Waals surface area contributed by atoms with Gasteiger partial charge in [-0.25, -0.2) is 0 Å². The zero-order valence-corrected chi connectivity index (χ0v) is 18.1. The van der Waals surface area contributed by atoms with Crippen molar-refractivity contribution in [3.05, 3.63) is 53.6 Å². The van der Waals surface area contributed by atoms with E-state index < -0.39 is 0 Å². The van der Waals surface area contributed by atoms with Gasteiger partial charge in [-0.3, -0.25) is 4.79 Å². The lowest BCUT2D eigenvalue weighted by Gasteiger charge is -2.16. The van der Waals surface area contributed by atoms with E-state index in [1.54, 1.807) is 23.5 Å². The molecular weight excluding hydrogens is 424 g/mol. The van der Waals surface area contributed by atoms with Gasteiger partial charge in [0, 0.05) is 17.0 Å². The van der Waals surface area contributed by atoms with Crippen molar-refractivity contribution in [3.8, 4) is 17.1 Å². The first-order valence-electron chi connectivity index (χ1n) is 9.01. The lowest BCUT2D eigenvalue weighted by Crippen LogP contribution is -2.22. The second-order valence-corrected chi connectivity index (χ2v) is 7.38. The number of amides is 1. The van der Waals surface area contributed by atoms with Crippen molar-refractivity contribution in [1.29, 1.82) is 0 Å². The van der Waals surface area contributed by atoms with Crippen LogP contribution in [0.3, 0.4) is 0 Å². The molecule has 30 heavy (non-hydrogen) atoms. The van der Waals surface area contributed by atoms with E-state index in [2.05, 4.69) is 15.5 Å². The first-order valence-corrected chi connectivity index (χ1v) is 9.99. The van der Waals surface area contributed by atoms with Gasteiger partial charge in [0.1, 0.15) is 5.75 Å². The molecule has 2 aromatic carbocycles. The SMILES string of the molecule is COc1ccccc1-c1nnc2n1N=C(c1ccc(C)c(NC(=O)CN)c1)CS2.Cl. The molecule has 0 spiro atoms. The molecular formula is C20H21ClN6O2S. The monoisotopic (exact) mass is 444 g/mol. The molecule has 3 N–H and O–H groups in total. The highest BCUT2D eigenvalue weighted by Crippen LogP contribution is 2.33. The Hall–Kier alpha value is -2.88. The number of carbonyl (C=O) groups excluding carboxylic acids is 1. The molecule has 0 radical (unpaired) electrons. The summed E-state index contributed by atoms with van der Waals surface area (Å²) in [5.74, 6) is 1.74. The average molecular weight is 445 g/mol. The van der Waals surface area contributed by atoms with Gasteiger partial charge in [-0.15, -0.1) is 22.6 Å². The first kappa shape index (κ1) is 21.8. The van der Waals surface area contributed by atoms with Crippen molar-refractivity contribution in [3.63, 3.8) is 0 Å². The number of halogens is 1. The Morgan fingerprint density at radius 2 is 2.07 bits per heavy atom. The molecule has 4 rings (SSSR count). The third-order valence-corrected chi connectivity index (χ3v) is 5.48. The summed E-state index contributed by atoms with van der Waals surface area (Å²) < 4.78 is 7.20. The number of thioether (sulfide) groups is 1. The number of carbonyl (C=O) groups is 1. The van der Waals surface area contributed by atoms with E-state index in [0.29, 0.717) is 17.3 Å². The minimum Gasteiger partial charge on any atom is -0.496 e. The first-order chi connectivity index (χ1) is 14.1. The predicted octanol–water partition coefficient (Wildman–Crippen LogP) is 2.94. The van der Waals surface area contributed by atoms with Gasteiger partial charge >= 0.3 is 0 Å². The fraction of sp³-hybridized carbons (Fsp3) is 0.200. The van der Waals surface area contributed by atoms with Crippen LogP contribution in [0.2, 0.25) is 0 Å². The van der Waals surface area contributed by atoms with E-state index in [-0.39, 0.29) is 24.9 Å². The minimum absolute atomic E-state index is 0. The molecule has 0 aliphatic carbocycles. The van der Waals surface area contributed by atoms with Crippen LogP contribution in [0.25, 0.3) is 11.4 Å². The number of hydrogen-bond acceptors (Lipinski definition) is 7. The number of methoxy groups -OCH3 is 1. The molecule has 1 aromatic heterocycles. The standard InChI is InChI=1S/C20H20N6O2S.ClH/c1-12-7-8-13(9-15(12)22-18(27)10-21)16-11-29-20-24-23-19(26(20)25-16)14-5-3-4-6-17(14)28-2;/h3-9H,10-11,21H2,1-2H3,(H,22,27);1H. The Morgan fingerprint density at radius 3 is 2.83 bits per heavy atom. The Labute approximate surface area is 184 Å². The van der Waals surface area contributed by atoms with Gasteiger partial charge in [0.05, 0.1) is 24.9 Å². The topological polar surface area (TPSA) is 107 Å². The molecule has 156 valence electrons. The van der Waals surface area contributed by atoms with E-state index >= 15 is 0 Å². The summed E-state index contributed by atoms with van der Waals surface area (Å²) >= 11 is 1.56. The lowest BCUT2D eigenvalue weighted by atomic mass is 10.1. The zero-order valence-electron chi connectivity index (χ0n) is 16.5. The maximum Gasteiger partial charge on any atom is 0.238 e. The number of ether oxygens (including phenoxy) is 1. The molecule has 0 atom stereocenters. The van der Waals surface area contributed by atoms with Crippen molar-refractivity contribution in [2.45, 2.75) is 12.1 Å². The maximum atomic E-state index is 11.7. The summed E-state index contributed by atoms with van der Waals surface area (Å²) in [6.45, 7) is 1.87. The summed E-state index contributed by atoms with van der Waals surface area (Å²) in [6, 6.07) is 13.5. The molecule has 2 heterocycles. The van der Waals surface area contributed by atoms with Crippen molar-refractivity contribution in [1.82, 2.24) is 14.9 Å². The predicted molar refractivity (Wildman–Crippen MR) is 121 cm³/mol. The molecule has 3 aromatic rings. The highest BCUT2D eigenvalue weighted by molar-refractivity contribution is 7.99. The second kappa shape index (κ2) is 9.29. The molecule has 0 unspecified atom stereocenters. The quantitative estimate of drug-likeness (QED) is 0.626. The number of aryl methyl sites for hydroxylation is 1. The van der Waals surface area contributed by atoms with Crippen LogP contribution in [-0.2, 0) is 4.79 Å². The number of nitrogens with one attached hydrogen (secondary N) is 1. The second-order valence-electron chi connectivity index (χ2n) is 6.44. The van der Waals surface area contributed by atoms with Crippen LogP contribution in [0.5, 0.6) is 5.75 Å². The van der Waals surface area contributed by atoms with Crippen molar-refractivity contribution in [2.24, 2.45) is 10.8 Å². The number of hydrogen-bond donors (Lipinski definition) is 2. The molecule has 1 amide bonds. The van der Waals surface area contributed by atoms with Gasteiger partial charge in [-0.05, 0) is 30.7 Å². The van der Waals surface area contributed by atoms with Gasteiger partial charge in [0.15, 0.2) is 5.82 Å². The summed E-state index contributed by atoms with van der Waals surface area (Å²) in [5, 5.41) is 16.9. The molecule has 1 aliphatic rings. The smallest absolute Gasteiger partial charge is 0.238 e. The minimum atomic E-state index is -0.232. The fourth-order valence-corrected chi connectivity index (χ4v) is 3.84. The number of rotatable bonds is 5. The van der Waals surface area contributed by atoms with Crippen LogP contribution in [0, 0.1) is 6.92 Å². The van der Waals surface area contributed by atoms with E-state index in [4.69, 9.17) is 15.6 Å². The number of anilines is 1. The molecule has 1 aliphatic heterocycles. The number of benzene rings is 2. The number of nitrogens with two attached hydrogens (primary N) is 1. The Balaban J connectivity index is 0.00000256. The van der Waals surface area contributed by atoms with E-state index in [9.17, 15) is 4.79 Å². The molecule has 0 fully saturated rings. The highest BCUT2D eigenvalue weighted by Gasteiger charge is 2.22. The molecule has 0 bridgehead atoms. The third-order valence-electron chi connectivity index (χ3n) is 4.55. The van der Waals surface area contributed by atoms with Crippen LogP contribution in [0.4, 0.5) is 5.69 Å². The maximum absolute atomic E-state index is 11.7. The van der Waals surface area contributed by atoms with Crippen LogP contribution in [-0.4, -0.2) is 45.9 Å². The molecule has 0 saturated heterocycles. The van der Waals surface area contributed by atoms with Crippen LogP contribution >= 0.6 is 24.2 Å². The average Bonchev–Trinajstić information content (AvgIpc) is 3.18. The molecule has 10 heteroatoms. The normalized spacial score (nSPS) is 12.4. The lowest BCUT2D eigenvalue weighted by molar-refractivity contribution is -0.114. The molecule has 0 saturated carbocycles. The fourth-order valence-electron chi connectivity index (χ4n) is 3.00. The Kier molecular flexibility index (Phi) is 6.76. The van der Waals surface area contributed by atoms with Crippen LogP contribution in [0.15, 0.2) is 52.7 Å². The van der Waals surface area contributed by atoms with Crippen molar-refractivity contribution in [2.75, 3.05) is 24.7 Å². The highest BCUT2D eigenvalue weighted by atomic mass is 35.5. The number of fused-ring (bicyclic) bond motifs is 1. The van der Waals surface area contributed by atoms with Gasteiger partial charge in [-0.2, -0.15) is 9.78 Å². The summed E-state index contributed by atoms with van der Waals surface area (Å²) in [5.41, 5.74) is 9.70. The van der Waals surface area contributed by atoms with E-state index in [1.165, 1.54) is 0 Å². The third kappa shape index (κ3) is 4.18.